The molecule has 0 bridgehead atoms. The van der Waals surface area contributed by atoms with Crippen LogP contribution in [0.15, 0.2) is 36.4 Å². The molecule has 1 amide bonds. The maximum absolute atomic E-state index is 13.2. The van der Waals surface area contributed by atoms with Gasteiger partial charge in [-0.25, -0.2) is 0 Å². The van der Waals surface area contributed by atoms with E-state index in [-0.39, 0.29) is 12.1 Å². The quantitative estimate of drug-likeness (QED) is 0.352. The highest BCUT2D eigenvalue weighted by molar-refractivity contribution is 6.53. The number of ketones is 1. The van der Waals surface area contributed by atoms with Crippen LogP contribution in [0.1, 0.15) is 40.7 Å². The van der Waals surface area contributed by atoms with E-state index >= 15 is 0 Å². The van der Waals surface area contributed by atoms with E-state index in [4.69, 9.17) is 46.4 Å². The monoisotopic (exact) mass is 497 g/mol. The Balaban J connectivity index is 1.86. The number of hydrogen-bond acceptors (Lipinski definition) is 2. The average molecular weight is 499 g/mol. The Labute approximate surface area is 190 Å². The number of anilines is 1. The summed E-state index contributed by atoms with van der Waals surface area (Å²) in [6.45, 7) is 1.45. The molecule has 10 heteroatoms. The zero-order valence-electron chi connectivity index (χ0n) is 15.3. The van der Waals surface area contributed by atoms with Crippen LogP contribution in [0.5, 0.6) is 0 Å². The van der Waals surface area contributed by atoms with Gasteiger partial charge < -0.3 is 5.32 Å². The number of carbonyl (C=O) groups excluding carboxylic acids is 2. The third kappa shape index (κ3) is 4.57. The molecule has 1 saturated carbocycles. The maximum Gasteiger partial charge on any atom is 0.417 e. The molecule has 0 heterocycles. The molecule has 2 aromatic rings. The molecule has 2 unspecified atom stereocenters. The molecule has 1 N–H and O–H groups in total. The molecule has 1 fully saturated rings. The summed E-state index contributed by atoms with van der Waals surface area (Å²) in [6.07, 6.45) is -4.81. The van der Waals surface area contributed by atoms with Crippen LogP contribution in [0.2, 0.25) is 10.0 Å². The van der Waals surface area contributed by atoms with E-state index in [2.05, 4.69) is 5.32 Å². The molecule has 3 rings (SSSR count). The third-order valence-electron chi connectivity index (χ3n) is 4.79. The van der Waals surface area contributed by atoms with Crippen LogP contribution in [-0.2, 0) is 11.0 Å². The maximum atomic E-state index is 13.2. The first-order valence-electron chi connectivity index (χ1n) is 8.75. The SMILES string of the molecule is CCC(=O)c1cc(NC(=O)C2C(c3cc(Cl)cc(Cl)c3)C2(Cl)Cl)ccc1C(F)(F)F. The summed E-state index contributed by atoms with van der Waals surface area (Å²) in [5.74, 6) is -2.79. The Kier molecular flexibility index (Phi) is 6.36. The van der Waals surface area contributed by atoms with E-state index in [9.17, 15) is 22.8 Å². The molecule has 1 aliphatic rings. The van der Waals surface area contributed by atoms with Crippen molar-refractivity contribution in [2.45, 2.75) is 29.8 Å². The van der Waals surface area contributed by atoms with Crippen molar-refractivity contribution in [1.29, 1.82) is 0 Å². The van der Waals surface area contributed by atoms with Crippen LogP contribution in [0.3, 0.4) is 0 Å². The van der Waals surface area contributed by atoms with Crippen molar-refractivity contribution in [1.82, 2.24) is 0 Å². The first kappa shape index (κ1) is 23.2. The standard InChI is InChI=1S/C20H14Cl4F3NO2/c1-2-15(29)13-8-12(3-4-14(13)20(25,26)27)28-18(30)17-16(19(17,23)24)9-5-10(21)7-11(22)6-9/h3-8,16-17H,2H2,1H3,(H,28,30). The van der Waals surface area contributed by atoms with Crippen molar-refractivity contribution in [3.05, 3.63) is 63.1 Å². The fraction of sp³-hybridized carbons (Fsp3) is 0.300. The van der Waals surface area contributed by atoms with E-state index in [1.54, 1.807) is 12.1 Å². The minimum absolute atomic E-state index is 0.0312. The van der Waals surface area contributed by atoms with Crippen LogP contribution in [0, 0.1) is 5.92 Å². The number of amides is 1. The molecule has 2 aromatic carbocycles. The lowest BCUT2D eigenvalue weighted by atomic mass is 10.0. The van der Waals surface area contributed by atoms with Gasteiger partial charge in [0, 0.05) is 33.6 Å². The average Bonchev–Trinajstić information content (AvgIpc) is 3.21. The lowest BCUT2D eigenvalue weighted by molar-refractivity contribution is -0.137. The number of hydrogen-bond donors (Lipinski definition) is 1. The highest BCUT2D eigenvalue weighted by atomic mass is 35.5. The van der Waals surface area contributed by atoms with Gasteiger partial charge in [0.1, 0.15) is 4.33 Å². The second-order valence-electron chi connectivity index (χ2n) is 6.86. The van der Waals surface area contributed by atoms with Gasteiger partial charge >= 0.3 is 6.18 Å². The van der Waals surface area contributed by atoms with Crippen LogP contribution in [-0.4, -0.2) is 16.0 Å². The van der Waals surface area contributed by atoms with Crippen molar-refractivity contribution in [2.24, 2.45) is 5.92 Å². The summed E-state index contributed by atoms with van der Waals surface area (Å²) < 4.78 is 38.1. The molecule has 3 nitrogen and oxygen atoms in total. The van der Waals surface area contributed by atoms with Gasteiger partial charge in [-0.05, 0) is 42.0 Å². The van der Waals surface area contributed by atoms with Crippen LogP contribution in [0.4, 0.5) is 18.9 Å². The van der Waals surface area contributed by atoms with Gasteiger partial charge in [0.15, 0.2) is 5.78 Å². The van der Waals surface area contributed by atoms with Crippen LogP contribution < -0.4 is 5.32 Å². The smallest absolute Gasteiger partial charge is 0.326 e. The Bertz CT molecular complexity index is 1000. The van der Waals surface area contributed by atoms with Gasteiger partial charge in [0.05, 0.1) is 11.5 Å². The van der Waals surface area contributed by atoms with Gasteiger partial charge in [-0.2, -0.15) is 13.2 Å². The van der Waals surface area contributed by atoms with Crippen LogP contribution >= 0.6 is 46.4 Å². The Hall–Kier alpha value is -1.47. The van der Waals surface area contributed by atoms with Crippen LogP contribution in [0.25, 0.3) is 0 Å². The minimum Gasteiger partial charge on any atom is -0.326 e. The number of alkyl halides is 5. The van der Waals surface area contributed by atoms with E-state index in [1.165, 1.54) is 13.0 Å². The van der Waals surface area contributed by atoms with E-state index in [0.717, 1.165) is 18.2 Å². The number of carbonyl (C=O) groups is 2. The molecule has 0 radical (unpaired) electrons. The normalized spacial score (nSPS) is 20.0. The summed E-state index contributed by atoms with van der Waals surface area (Å²) in [5, 5.41) is 3.18. The molecule has 2 atom stereocenters. The molecule has 30 heavy (non-hydrogen) atoms. The van der Waals surface area contributed by atoms with Crippen molar-refractivity contribution < 1.29 is 22.8 Å². The number of Topliss-reactive ketones (excluding diaryl/α,β-unsaturated/α-hetero) is 1. The summed E-state index contributed by atoms with van der Waals surface area (Å²) in [7, 11) is 0. The summed E-state index contributed by atoms with van der Waals surface area (Å²) in [5.41, 5.74) is -0.982. The lowest BCUT2D eigenvalue weighted by Crippen LogP contribution is -2.18. The summed E-state index contributed by atoms with van der Waals surface area (Å²) in [6, 6.07) is 7.52. The Morgan fingerprint density at radius 3 is 2.20 bits per heavy atom. The lowest BCUT2D eigenvalue weighted by Gasteiger charge is -2.14. The van der Waals surface area contributed by atoms with Gasteiger partial charge in [-0.3, -0.25) is 9.59 Å². The van der Waals surface area contributed by atoms with Crippen molar-refractivity contribution in [2.75, 3.05) is 5.32 Å². The number of benzene rings is 2. The fourth-order valence-corrected chi connectivity index (χ4v) is 4.70. The molecule has 0 aliphatic heterocycles. The fourth-order valence-electron chi connectivity index (χ4n) is 3.33. The van der Waals surface area contributed by atoms with Gasteiger partial charge in [0.25, 0.3) is 0 Å². The molecular formula is C20H14Cl4F3NO2. The number of nitrogens with one attached hydrogen (secondary N) is 1. The largest absolute Gasteiger partial charge is 0.417 e. The third-order valence-corrected chi connectivity index (χ3v) is 6.17. The molecule has 0 aromatic heterocycles. The van der Waals surface area contributed by atoms with E-state index < -0.39 is 45.2 Å². The van der Waals surface area contributed by atoms with Crippen molar-refractivity contribution in [3.63, 3.8) is 0 Å². The topological polar surface area (TPSA) is 46.2 Å². The van der Waals surface area contributed by atoms with E-state index in [1.807, 2.05) is 0 Å². The minimum atomic E-state index is -4.70. The van der Waals surface area contributed by atoms with Gasteiger partial charge in [0.2, 0.25) is 5.91 Å². The first-order valence-corrected chi connectivity index (χ1v) is 10.3. The second-order valence-corrected chi connectivity index (χ2v) is 9.17. The zero-order chi connectivity index (χ0) is 22.4. The highest BCUT2D eigenvalue weighted by Crippen LogP contribution is 2.65. The molecule has 160 valence electrons. The molecule has 0 spiro atoms. The molecule has 0 saturated heterocycles. The first-order chi connectivity index (χ1) is 13.9. The highest BCUT2D eigenvalue weighted by Gasteiger charge is 2.67. The number of halogens is 7. The zero-order valence-corrected chi connectivity index (χ0v) is 18.3. The second kappa shape index (κ2) is 8.23. The van der Waals surface area contributed by atoms with E-state index in [0.29, 0.717) is 15.6 Å². The predicted molar refractivity (Wildman–Crippen MR) is 112 cm³/mol. The molecular weight excluding hydrogens is 485 g/mol. The Morgan fingerprint density at radius 1 is 1.07 bits per heavy atom. The van der Waals surface area contributed by atoms with Crippen molar-refractivity contribution in [3.8, 4) is 0 Å². The predicted octanol–water partition coefficient (Wildman–Crippen LogP) is 7.13. The molecule has 1 aliphatic carbocycles. The van der Waals surface area contributed by atoms with Gasteiger partial charge in [-0.1, -0.05) is 30.1 Å². The Morgan fingerprint density at radius 2 is 1.67 bits per heavy atom. The summed E-state index contributed by atoms with van der Waals surface area (Å²) >= 11 is 24.5. The number of rotatable bonds is 5. The van der Waals surface area contributed by atoms with Gasteiger partial charge in [-0.15, -0.1) is 23.2 Å². The van der Waals surface area contributed by atoms with Crippen molar-refractivity contribution >= 4 is 63.8 Å². The summed E-state index contributed by atoms with van der Waals surface area (Å²) in [4.78, 5) is 24.7.